The van der Waals surface area contributed by atoms with Crippen LogP contribution < -0.4 is 0 Å². The molecule has 0 saturated heterocycles. The van der Waals surface area contributed by atoms with E-state index in [1.54, 1.807) is 0 Å². The first-order valence-electron chi connectivity index (χ1n) is 7.12. The van der Waals surface area contributed by atoms with Gasteiger partial charge in [0.05, 0.1) is 17.8 Å². The van der Waals surface area contributed by atoms with Gasteiger partial charge in [0.15, 0.2) is 0 Å². The highest BCUT2D eigenvalue weighted by Crippen LogP contribution is 2.23. The summed E-state index contributed by atoms with van der Waals surface area (Å²) in [6, 6.07) is 10.4. The van der Waals surface area contributed by atoms with Gasteiger partial charge in [-0.1, -0.05) is 32.0 Å². The summed E-state index contributed by atoms with van der Waals surface area (Å²) in [4.78, 5) is 0. The monoisotopic (exact) mass is 384 g/mol. The minimum atomic E-state index is -0.492. The third kappa shape index (κ3) is 3.61. The SMILES string of the molecule is CCC(CC)n1ccc(CC(O)c2ccccc2I)n1. The Morgan fingerprint density at radius 3 is 2.55 bits per heavy atom. The lowest BCUT2D eigenvalue weighted by atomic mass is 10.1. The van der Waals surface area contributed by atoms with Crippen LogP contribution in [0.25, 0.3) is 0 Å². The van der Waals surface area contributed by atoms with E-state index in [1.807, 2.05) is 41.2 Å². The highest BCUT2D eigenvalue weighted by Gasteiger charge is 2.14. The molecule has 4 heteroatoms. The third-order valence-corrected chi connectivity index (χ3v) is 4.63. The van der Waals surface area contributed by atoms with Gasteiger partial charge >= 0.3 is 0 Å². The van der Waals surface area contributed by atoms with E-state index < -0.39 is 6.10 Å². The van der Waals surface area contributed by atoms with E-state index in [-0.39, 0.29) is 0 Å². The normalized spacial score (nSPS) is 12.8. The number of nitrogens with zero attached hydrogens (tertiary/aromatic N) is 2. The van der Waals surface area contributed by atoms with E-state index in [1.165, 1.54) is 0 Å². The second kappa shape index (κ2) is 7.22. The summed E-state index contributed by atoms with van der Waals surface area (Å²) in [6.07, 6.45) is 4.25. The van der Waals surface area contributed by atoms with Gasteiger partial charge in [-0.05, 0) is 53.1 Å². The molecule has 2 rings (SSSR count). The van der Waals surface area contributed by atoms with Gasteiger partial charge in [0.25, 0.3) is 0 Å². The average Bonchev–Trinajstić information content (AvgIpc) is 2.89. The molecule has 0 aliphatic heterocycles. The van der Waals surface area contributed by atoms with Crippen LogP contribution in [0.5, 0.6) is 0 Å². The van der Waals surface area contributed by atoms with E-state index >= 15 is 0 Å². The molecule has 1 atom stereocenters. The van der Waals surface area contributed by atoms with Crippen LogP contribution in [0.1, 0.15) is 50.1 Å². The Kier molecular flexibility index (Phi) is 5.60. The minimum Gasteiger partial charge on any atom is -0.388 e. The fraction of sp³-hybridized carbons (Fsp3) is 0.438. The molecule has 2 aromatic rings. The van der Waals surface area contributed by atoms with Gasteiger partial charge in [0.2, 0.25) is 0 Å². The maximum atomic E-state index is 10.4. The zero-order valence-electron chi connectivity index (χ0n) is 12.0. The highest BCUT2D eigenvalue weighted by atomic mass is 127. The summed E-state index contributed by atoms with van der Waals surface area (Å²) in [5.41, 5.74) is 1.93. The van der Waals surface area contributed by atoms with Gasteiger partial charge in [0.1, 0.15) is 0 Å². The zero-order chi connectivity index (χ0) is 14.5. The Balaban J connectivity index is 2.09. The van der Waals surface area contributed by atoms with Crippen LogP contribution in [0, 0.1) is 3.57 Å². The molecule has 1 aromatic carbocycles. The van der Waals surface area contributed by atoms with Crippen molar-refractivity contribution >= 4 is 22.6 Å². The highest BCUT2D eigenvalue weighted by molar-refractivity contribution is 14.1. The number of aromatic nitrogens is 2. The Hall–Kier alpha value is -0.880. The molecular formula is C16H21IN2O. The molecule has 0 saturated carbocycles. The van der Waals surface area contributed by atoms with E-state index in [0.717, 1.165) is 27.7 Å². The molecule has 20 heavy (non-hydrogen) atoms. The fourth-order valence-electron chi connectivity index (χ4n) is 2.41. The van der Waals surface area contributed by atoms with Crippen molar-refractivity contribution in [2.45, 2.75) is 45.3 Å². The molecule has 1 unspecified atom stereocenters. The maximum Gasteiger partial charge on any atom is 0.0856 e. The molecule has 108 valence electrons. The topological polar surface area (TPSA) is 38.0 Å². The summed E-state index contributed by atoms with van der Waals surface area (Å²) in [5, 5.41) is 15.0. The fourth-order valence-corrected chi connectivity index (χ4v) is 3.15. The standard InChI is InChI=1S/C16H21IN2O/c1-3-13(4-2)19-10-9-12(18-19)11-16(20)14-7-5-6-8-15(14)17/h5-10,13,16,20H,3-4,11H2,1-2H3. The lowest BCUT2D eigenvalue weighted by Gasteiger charge is -2.13. The Morgan fingerprint density at radius 1 is 1.20 bits per heavy atom. The molecule has 1 N–H and O–H groups in total. The second-order valence-electron chi connectivity index (χ2n) is 5.00. The molecule has 0 spiro atoms. The number of aliphatic hydroxyl groups excluding tert-OH is 1. The van der Waals surface area contributed by atoms with Crippen molar-refractivity contribution in [1.29, 1.82) is 0 Å². The van der Waals surface area contributed by atoms with Crippen molar-refractivity contribution in [3.05, 3.63) is 51.4 Å². The molecule has 0 aliphatic rings. The van der Waals surface area contributed by atoms with Gasteiger partial charge in [-0.15, -0.1) is 0 Å². The molecular weight excluding hydrogens is 363 g/mol. The Morgan fingerprint density at radius 2 is 1.90 bits per heavy atom. The maximum absolute atomic E-state index is 10.4. The van der Waals surface area contributed by atoms with E-state index in [0.29, 0.717) is 12.5 Å². The number of halogens is 1. The van der Waals surface area contributed by atoms with Crippen LogP contribution in [0.4, 0.5) is 0 Å². The number of aliphatic hydroxyl groups is 1. The summed E-state index contributed by atoms with van der Waals surface area (Å²) < 4.78 is 3.12. The van der Waals surface area contributed by atoms with E-state index in [2.05, 4.69) is 41.5 Å². The van der Waals surface area contributed by atoms with Crippen LogP contribution in [0.15, 0.2) is 36.5 Å². The first-order valence-corrected chi connectivity index (χ1v) is 8.20. The zero-order valence-corrected chi connectivity index (χ0v) is 14.1. The first-order chi connectivity index (χ1) is 9.65. The van der Waals surface area contributed by atoms with Crippen molar-refractivity contribution in [2.24, 2.45) is 0 Å². The minimum absolute atomic E-state index is 0.456. The van der Waals surface area contributed by atoms with Crippen LogP contribution in [-0.2, 0) is 6.42 Å². The molecule has 0 amide bonds. The van der Waals surface area contributed by atoms with Gasteiger partial charge in [0, 0.05) is 16.2 Å². The van der Waals surface area contributed by atoms with E-state index in [9.17, 15) is 5.11 Å². The van der Waals surface area contributed by atoms with Crippen molar-refractivity contribution in [1.82, 2.24) is 9.78 Å². The third-order valence-electron chi connectivity index (χ3n) is 3.65. The molecule has 1 aromatic heterocycles. The molecule has 0 aliphatic carbocycles. The predicted octanol–water partition coefficient (Wildman–Crippen LogP) is 4.12. The number of hydrogen-bond acceptors (Lipinski definition) is 2. The average molecular weight is 384 g/mol. The van der Waals surface area contributed by atoms with E-state index in [4.69, 9.17) is 0 Å². The second-order valence-corrected chi connectivity index (χ2v) is 6.16. The van der Waals surface area contributed by atoms with Crippen molar-refractivity contribution in [3.8, 4) is 0 Å². The summed E-state index contributed by atoms with van der Waals surface area (Å²) in [6.45, 7) is 4.35. The van der Waals surface area contributed by atoms with Crippen LogP contribution in [-0.4, -0.2) is 14.9 Å². The number of benzene rings is 1. The van der Waals surface area contributed by atoms with Gasteiger partial charge in [-0.2, -0.15) is 5.10 Å². The lowest BCUT2D eigenvalue weighted by molar-refractivity contribution is 0.176. The predicted molar refractivity (Wildman–Crippen MR) is 89.7 cm³/mol. The first kappa shape index (κ1) is 15.5. The summed E-state index contributed by atoms with van der Waals surface area (Å²) >= 11 is 2.26. The Labute approximate surface area is 134 Å². The van der Waals surface area contributed by atoms with Gasteiger partial charge in [-0.3, -0.25) is 4.68 Å². The number of hydrogen-bond donors (Lipinski definition) is 1. The van der Waals surface area contributed by atoms with Crippen molar-refractivity contribution < 1.29 is 5.11 Å². The quantitative estimate of drug-likeness (QED) is 0.761. The molecule has 3 nitrogen and oxygen atoms in total. The summed E-state index contributed by atoms with van der Waals surface area (Å²) in [5.74, 6) is 0. The van der Waals surface area contributed by atoms with Crippen LogP contribution >= 0.6 is 22.6 Å². The number of rotatable bonds is 6. The molecule has 0 radical (unpaired) electrons. The molecule has 0 bridgehead atoms. The van der Waals surface area contributed by atoms with Crippen molar-refractivity contribution in [2.75, 3.05) is 0 Å². The smallest absolute Gasteiger partial charge is 0.0856 e. The summed E-state index contributed by atoms with van der Waals surface area (Å²) in [7, 11) is 0. The molecule has 0 fully saturated rings. The van der Waals surface area contributed by atoms with Gasteiger partial charge in [-0.25, -0.2) is 0 Å². The largest absolute Gasteiger partial charge is 0.388 e. The van der Waals surface area contributed by atoms with Crippen LogP contribution in [0.2, 0.25) is 0 Å². The molecule has 1 heterocycles. The lowest BCUT2D eigenvalue weighted by Crippen LogP contribution is -2.09. The van der Waals surface area contributed by atoms with Gasteiger partial charge < -0.3 is 5.11 Å². The van der Waals surface area contributed by atoms with Crippen LogP contribution in [0.3, 0.4) is 0 Å². The van der Waals surface area contributed by atoms with Crippen molar-refractivity contribution in [3.63, 3.8) is 0 Å². The Bertz CT molecular complexity index is 549.